The molecule has 0 aliphatic rings. The Morgan fingerprint density at radius 1 is 1.13 bits per heavy atom. The van der Waals surface area contributed by atoms with Gasteiger partial charge in [0, 0.05) is 39.7 Å². The molecule has 0 aliphatic heterocycles. The van der Waals surface area contributed by atoms with Crippen molar-refractivity contribution >= 4 is 21.4 Å². The highest BCUT2D eigenvalue weighted by Gasteiger charge is 2.03. The van der Waals surface area contributed by atoms with Crippen molar-refractivity contribution in [3.8, 4) is 11.1 Å². The van der Waals surface area contributed by atoms with Gasteiger partial charge in [-0.15, -0.1) is 11.3 Å². The van der Waals surface area contributed by atoms with Gasteiger partial charge >= 0.3 is 0 Å². The molecule has 3 rings (SSSR count). The summed E-state index contributed by atoms with van der Waals surface area (Å²) < 4.78 is 1.28. The maximum Gasteiger partial charge on any atom is 0.0428 e. The van der Waals surface area contributed by atoms with Gasteiger partial charge in [-0.3, -0.25) is 4.98 Å². The van der Waals surface area contributed by atoms with E-state index in [9.17, 15) is 0 Å². The lowest BCUT2D eigenvalue weighted by Gasteiger charge is -2.01. The van der Waals surface area contributed by atoms with Gasteiger partial charge in [-0.05, 0) is 11.4 Å². The van der Waals surface area contributed by atoms with Gasteiger partial charge in [0.1, 0.15) is 0 Å². The average molecular weight is 210 g/mol. The Hall–Kier alpha value is -1.67. The van der Waals surface area contributed by atoms with Crippen LogP contribution in [0.2, 0.25) is 0 Å². The van der Waals surface area contributed by atoms with Gasteiger partial charge in [0.2, 0.25) is 0 Å². The van der Waals surface area contributed by atoms with Crippen LogP contribution < -0.4 is 0 Å². The maximum absolute atomic E-state index is 4.15. The normalized spacial score (nSPS) is 10.7. The first kappa shape index (κ1) is 8.62. The van der Waals surface area contributed by atoms with Crippen molar-refractivity contribution < 1.29 is 0 Å². The molecule has 2 heterocycles. The van der Waals surface area contributed by atoms with Crippen LogP contribution in [0.15, 0.2) is 48.1 Å². The molecule has 2 aromatic heterocycles. The van der Waals surface area contributed by atoms with Gasteiger partial charge in [0.15, 0.2) is 0 Å². The molecule has 0 amide bonds. The monoisotopic (exact) mass is 210 g/mol. The van der Waals surface area contributed by atoms with Crippen molar-refractivity contribution in [3.05, 3.63) is 54.2 Å². The summed E-state index contributed by atoms with van der Waals surface area (Å²) in [6.45, 7) is 0. The second kappa shape index (κ2) is 3.48. The quantitative estimate of drug-likeness (QED) is 0.596. The van der Waals surface area contributed by atoms with E-state index in [1.165, 1.54) is 21.2 Å². The number of aromatic nitrogens is 1. The lowest BCUT2D eigenvalue weighted by Crippen LogP contribution is -1.78. The molecule has 0 fully saturated rings. The minimum atomic E-state index is 1.17. The summed E-state index contributed by atoms with van der Waals surface area (Å²) in [6.07, 6.45) is 3.69. The molecule has 1 aromatic carbocycles. The smallest absolute Gasteiger partial charge is 0.0428 e. The number of thiophene rings is 1. The van der Waals surface area contributed by atoms with E-state index in [2.05, 4.69) is 35.3 Å². The zero-order valence-corrected chi connectivity index (χ0v) is 8.79. The van der Waals surface area contributed by atoms with E-state index in [1.54, 1.807) is 17.5 Å². The molecular weight excluding hydrogens is 202 g/mol. The van der Waals surface area contributed by atoms with Gasteiger partial charge in [0.05, 0.1) is 0 Å². The molecule has 0 bridgehead atoms. The molecule has 2 heteroatoms. The van der Waals surface area contributed by atoms with Gasteiger partial charge in [-0.25, -0.2) is 0 Å². The average Bonchev–Trinajstić information content (AvgIpc) is 2.78. The minimum Gasteiger partial charge on any atom is -0.264 e. The third-order valence-corrected chi connectivity index (χ3v) is 3.29. The van der Waals surface area contributed by atoms with Crippen molar-refractivity contribution in [1.82, 2.24) is 4.98 Å². The fraction of sp³-hybridized carbons (Fsp3) is 0. The summed E-state index contributed by atoms with van der Waals surface area (Å²) in [4.78, 5) is 4.15. The number of nitrogens with zero attached hydrogens (tertiary/aromatic N) is 1. The summed E-state index contributed by atoms with van der Waals surface area (Å²) in [5, 5.41) is 3.19. The number of fused-ring (bicyclic) bond motifs is 1. The fourth-order valence-corrected chi connectivity index (χ4v) is 2.55. The lowest BCUT2D eigenvalue weighted by atomic mass is 10.1. The summed E-state index contributed by atoms with van der Waals surface area (Å²) in [7, 11) is 0. The highest BCUT2D eigenvalue weighted by molar-refractivity contribution is 7.17. The van der Waals surface area contributed by atoms with E-state index in [4.69, 9.17) is 0 Å². The molecule has 0 spiro atoms. The number of rotatable bonds is 1. The van der Waals surface area contributed by atoms with E-state index in [-0.39, 0.29) is 0 Å². The van der Waals surface area contributed by atoms with E-state index in [1.807, 2.05) is 17.6 Å². The molecule has 0 aliphatic carbocycles. The fourth-order valence-electron chi connectivity index (χ4n) is 1.68. The first-order chi connectivity index (χ1) is 7.45. The number of benzene rings is 1. The Kier molecular flexibility index (Phi) is 2.00. The highest BCUT2D eigenvalue weighted by atomic mass is 32.1. The molecular formula is C13H8NS. The van der Waals surface area contributed by atoms with Gasteiger partial charge in [0.25, 0.3) is 0 Å². The summed E-state index contributed by atoms with van der Waals surface area (Å²) in [5.74, 6) is 0. The second-order valence-electron chi connectivity index (χ2n) is 3.30. The molecule has 15 heavy (non-hydrogen) atoms. The Morgan fingerprint density at radius 3 is 3.00 bits per heavy atom. The number of pyridine rings is 1. The Balaban J connectivity index is 2.31. The van der Waals surface area contributed by atoms with Gasteiger partial charge in [-0.2, -0.15) is 0 Å². The van der Waals surface area contributed by atoms with Crippen molar-refractivity contribution in [2.75, 3.05) is 0 Å². The summed E-state index contributed by atoms with van der Waals surface area (Å²) in [5.41, 5.74) is 2.41. The van der Waals surface area contributed by atoms with Gasteiger partial charge < -0.3 is 0 Å². The zero-order chi connectivity index (χ0) is 10.1. The van der Waals surface area contributed by atoms with Crippen molar-refractivity contribution in [2.45, 2.75) is 0 Å². The third-order valence-electron chi connectivity index (χ3n) is 2.38. The predicted molar refractivity (Wildman–Crippen MR) is 63.9 cm³/mol. The molecule has 0 unspecified atom stereocenters. The molecule has 1 nitrogen and oxygen atoms in total. The van der Waals surface area contributed by atoms with Crippen molar-refractivity contribution in [2.24, 2.45) is 0 Å². The Morgan fingerprint density at radius 2 is 2.13 bits per heavy atom. The van der Waals surface area contributed by atoms with Crippen LogP contribution in [0.1, 0.15) is 0 Å². The molecule has 0 saturated heterocycles. The molecule has 1 radical (unpaired) electrons. The first-order valence-corrected chi connectivity index (χ1v) is 5.61. The van der Waals surface area contributed by atoms with E-state index in [0.29, 0.717) is 0 Å². The van der Waals surface area contributed by atoms with Gasteiger partial charge in [-0.1, -0.05) is 24.3 Å². The van der Waals surface area contributed by atoms with Crippen molar-refractivity contribution in [3.63, 3.8) is 0 Å². The third kappa shape index (κ3) is 1.43. The van der Waals surface area contributed by atoms with Crippen LogP contribution >= 0.6 is 11.3 Å². The minimum absolute atomic E-state index is 1.17. The van der Waals surface area contributed by atoms with Crippen LogP contribution in [0.25, 0.3) is 21.2 Å². The van der Waals surface area contributed by atoms with Crippen LogP contribution in [0.3, 0.4) is 0 Å². The highest BCUT2D eigenvalue weighted by Crippen LogP contribution is 2.31. The SMILES string of the molecule is [c]1csc2c(-c3cccnc3)cccc12. The number of hydrogen-bond acceptors (Lipinski definition) is 2. The predicted octanol–water partition coefficient (Wildman–Crippen LogP) is 3.76. The standard InChI is InChI=1S/C13H8NS/c1-3-10-6-8-15-13(10)12(5-1)11-4-2-7-14-9-11/h1-5,7-9H. The molecule has 71 valence electrons. The topological polar surface area (TPSA) is 12.9 Å². The molecule has 3 aromatic rings. The van der Waals surface area contributed by atoms with Crippen LogP contribution in [-0.2, 0) is 0 Å². The first-order valence-electron chi connectivity index (χ1n) is 4.73. The Bertz CT molecular complexity index is 584. The van der Waals surface area contributed by atoms with E-state index < -0.39 is 0 Å². The number of hydrogen-bond donors (Lipinski definition) is 0. The van der Waals surface area contributed by atoms with Crippen molar-refractivity contribution in [1.29, 1.82) is 0 Å². The van der Waals surface area contributed by atoms with Crippen LogP contribution in [-0.4, -0.2) is 4.98 Å². The summed E-state index contributed by atoms with van der Waals surface area (Å²) >= 11 is 1.73. The second-order valence-corrected chi connectivity index (χ2v) is 4.18. The van der Waals surface area contributed by atoms with E-state index in [0.717, 1.165) is 0 Å². The van der Waals surface area contributed by atoms with Crippen LogP contribution in [0.4, 0.5) is 0 Å². The van der Waals surface area contributed by atoms with E-state index >= 15 is 0 Å². The molecule has 0 N–H and O–H groups in total. The summed E-state index contributed by atoms with van der Waals surface area (Å²) in [6, 6.07) is 13.6. The molecule has 0 atom stereocenters. The molecule has 0 saturated carbocycles. The zero-order valence-electron chi connectivity index (χ0n) is 7.97. The lowest BCUT2D eigenvalue weighted by molar-refractivity contribution is 1.33. The van der Waals surface area contributed by atoms with Crippen LogP contribution in [0.5, 0.6) is 0 Å². The largest absolute Gasteiger partial charge is 0.264 e. The maximum atomic E-state index is 4.15. The van der Waals surface area contributed by atoms with Crippen LogP contribution in [0, 0.1) is 6.07 Å². The Labute approximate surface area is 92.0 Å².